The summed E-state index contributed by atoms with van der Waals surface area (Å²) in [5, 5.41) is 7.50. The molecule has 2 amide bonds. The second kappa shape index (κ2) is 8.76. The summed E-state index contributed by atoms with van der Waals surface area (Å²) >= 11 is 2.99. The molecule has 1 fully saturated rings. The Labute approximate surface area is 193 Å². The van der Waals surface area contributed by atoms with Crippen LogP contribution < -0.4 is 5.73 Å². The fourth-order valence-electron chi connectivity index (χ4n) is 3.84. The number of nitrogens with two attached hydrogens (primary N) is 1. The number of hydrogen-bond acceptors (Lipinski definition) is 6. The molecule has 2 N–H and O–H groups in total. The van der Waals surface area contributed by atoms with Gasteiger partial charge in [0, 0.05) is 30.8 Å². The van der Waals surface area contributed by atoms with Gasteiger partial charge >= 0.3 is 0 Å². The van der Waals surface area contributed by atoms with Crippen LogP contribution in [0.1, 0.15) is 18.4 Å². The zero-order chi connectivity index (χ0) is 22.1. The minimum absolute atomic E-state index is 0.0962. The first-order chi connectivity index (χ1) is 15.6. The summed E-state index contributed by atoms with van der Waals surface area (Å²) in [5.74, 6) is -0.591. The van der Waals surface area contributed by atoms with Gasteiger partial charge in [0.2, 0.25) is 5.91 Å². The fraction of sp³-hybridized carbons (Fsp3) is 0.217. The van der Waals surface area contributed by atoms with E-state index in [1.807, 2.05) is 64.8 Å². The first-order valence-electron chi connectivity index (χ1n) is 10.3. The summed E-state index contributed by atoms with van der Waals surface area (Å²) in [6.45, 7) is 1.35. The molecule has 2 aromatic heterocycles. The van der Waals surface area contributed by atoms with Gasteiger partial charge < -0.3 is 10.6 Å². The van der Waals surface area contributed by atoms with Crippen molar-refractivity contribution in [3.8, 4) is 16.3 Å². The van der Waals surface area contributed by atoms with Crippen molar-refractivity contribution in [2.75, 3.05) is 13.1 Å². The van der Waals surface area contributed by atoms with E-state index in [1.165, 1.54) is 11.8 Å². The van der Waals surface area contributed by atoms with Crippen LogP contribution in [0, 0.1) is 5.92 Å². The lowest BCUT2D eigenvalue weighted by Crippen LogP contribution is -2.40. The zero-order valence-electron chi connectivity index (χ0n) is 17.2. The molecule has 0 unspecified atom stereocenters. The number of piperidine rings is 1. The van der Waals surface area contributed by atoms with E-state index in [2.05, 4.69) is 9.89 Å². The maximum Gasteiger partial charge on any atom is 0.286 e. The van der Waals surface area contributed by atoms with Crippen LogP contribution in [0.2, 0.25) is 0 Å². The van der Waals surface area contributed by atoms with Crippen LogP contribution >= 0.6 is 23.1 Å². The van der Waals surface area contributed by atoms with Gasteiger partial charge in [-0.25, -0.2) is 4.68 Å². The molecule has 4 heterocycles. The summed E-state index contributed by atoms with van der Waals surface area (Å²) in [5.41, 5.74) is 8.09. The Morgan fingerprint density at radius 1 is 1.12 bits per heavy atom. The molecule has 0 saturated carbocycles. The third-order valence-corrected chi connectivity index (χ3v) is 7.50. The van der Waals surface area contributed by atoms with Crippen LogP contribution in [0.5, 0.6) is 0 Å². The average molecular weight is 464 g/mol. The van der Waals surface area contributed by atoms with Crippen molar-refractivity contribution in [2.24, 2.45) is 16.6 Å². The Morgan fingerprint density at radius 2 is 1.91 bits per heavy atom. The van der Waals surface area contributed by atoms with Gasteiger partial charge in [0.25, 0.3) is 5.91 Å². The van der Waals surface area contributed by atoms with Crippen LogP contribution in [0.15, 0.2) is 63.9 Å². The lowest BCUT2D eigenvalue weighted by atomic mass is 9.97. The number of amides is 2. The number of hydrogen-bond donors (Lipinski definition) is 1. The predicted molar refractivity (Wildman–Crippen MR) is 128 cm³/mol. The predicted octanol–water partition coefficient (Wildman–Crippen LogP) is 3.77. The van der Waals surface area contributed by atoms with E-state index in [0.717, 1.165) is 21.8 Å². The van der Waals surface area contributed by atoms with Crippen molar-refractivity contribution in [1.29, 1.82) is 0 Å². The molecule has 5 rings (SSSR count). The molecule has 162 valence electrons. The number of thiophene rings is 1. The minimum Gasteiger partial charge on any atom is -0.369 e. The molecular weight excluding hydrogens is 442 g/mol. The van der Waals surface area contributed by atoms with Crippen molar-refractivity contribution in [1.82, 2.24) is 14.7 Å². The van der Waals surface area contributed by atoms with Crippen molar-refractivity contribution in [3.63, 3.8) is 0 Å². The molecule has 0 bridgehead atoms. The maximum absolute atomic E-state index is 12.7. The van der Waals surface area contributed by atoms with Crippen LogP contribution in [-0.4, -0.2) is 44.8 Å². The molecule has 0 radical (unpaired) electrons. The second-order valence-corrected chi connectivity index (χ2v) is 9.62. The molecular formula is C23H21N5O2S2. The third-order valence-electron chi connectivity index (χ3n) is 5.58. The summed E-state index contributed by atoms with van der Waals surface area (Å²) < 4.78 is 1.84. The highest BCUT2D eigenvalue weighted by atomic mass is 32.2. The zero-order valence-corrected chi connectivity index (χ0v) is 18.8. The Kier molecular flexibility index (Phi) is 5.67. The molecule has 2 aliphatic rings. The number of carbonyl (C=O) groups excluding carboxylic acids is 2. The van der Waals surface area contributed by atoms with Crippen LogP contribution in [0.3, 0.4) is 0 Å². The van der Waals surface area contributed by atoms with Gasteiger partial charge in [-0.05, 0) is 54.3 Å². The van der Waals surface area contributed by atoms with E-state index < -0.39 is 0 Å². The Bertz CT molecular complexity index is 1210. The van der Waals surface area contributed by atoms with E-state index in [9.17, 15) is 9.59 Å². The number of benzene rings is 1. The molecule has 0 spiro atoms. The number of para-hydroxylation sites is 1. The Morgan fingerprint density at radius 3 is 2.59 bits per heavy atom. The van der Waals surface area contributed by atoms with E-state index in [-0.39, 0.29) is 17.7 Å². The number of nitrogens with zero attached hydrogens (tertiary/aromatic N) is 4. The number of rotatable bonds is 4. The van der Waals surface area contributed by atoms with Gasteiger partial charge in [0.15, 0.2) is 5.17 Å². The summed E-state index contributed by atoms with van der Waals surface area (Å²) in [4.78, 5) is 32.0. The molecule has 0 aliphatic carbocycles. The maximum atomic E-state index is 12.7. The highest BCUT2D eigenvalue weighted by molar-refractivity contribution is 8.18. The van der Waals surface area contributed by atoms with Gasteiger partial charge in [0.1, 0.15) is 5.69 Å². The molecule has 2 aliphatic heterocycles. The van der Waals surface area contributed by atoms with Crippen LogP contribution in [0.25, 0.3) is 22.3 Å². The standard InChI is InChI=1S/C23H21N5O2S2/c24-21(29)15-8-10-27(11-9-15)23-25-22(30)19(32-23)13-16-14-28(17-5-2-1-3-6-17)26-20(16)18-7-4-12-31-18/h1-7,12-15H,8-11H2,(H2,24,29)/b19-13-. The lowest BCUT2D eigenvalue weighted by molar-refractivity contribution is -0.123. The summed E-state index contributed by atoms with van der Waals surface area (Å²) in [6.07, 6.45) is 5.20. The van der Waals surface area contributed by atoms with Gasteiger partial charge in [-0.1, -0.05) is 24.3 Å². The summed E-state index contributed by atoms with van der Waals surface area (Å²) in [7, 11) is 0. The smallest absolute Gasteiger partial charge is 0.286 e. The van der Waals surface area contributed by atoms with Crippen molar-refractivity contribution in [3.05, 3.63) is 64.5 Å². The number of thioether (sulfide) groups is 1. The van der Waals surface area contributed by atoms with Crippen LogP contribution in [-0.2, 0) is 9.59 Å². The SMILES string of the molecule is NC(=O)C1CCN(C2=NC(=O)/C(=C/c3cn(-c4ccccc4)nc3-c3cccs3)S2)CC1. The quantitative estimate of drug-likeness (QED) is 0.595. The molecule has 9 heteroatoms. The molecule has 32 heavy (non-hydrogen) atoms. The van der Waals surface area contributed by atoms with Gasteiger partial charge in [-0.3, -0.25) is 9.59 Å². The van der Waals surface area contributed by atoms with Gasteiger partial charge in [-0.2, -0.15) is 10.1 Å². The lowest BCUT2D eigenvalue weighted by Gasteiger charge is -2.31. The van der Waals surface area contributed by atoms with Crippen molar-refractivity contribution < 1.29 is 9.59 Å². The first kappa shape index (κ1) is 20.7. The topological polar surface area (TPSA) is 93.6 Å². The number of aliphatic imine (C=N–C) groups is 1. The highest BCUT2D eigenvalue weighted by Gasteiger charge is 2.31. The highest BCUT2D eigenvalue weighted by Crippen LogP contribution is 2.35. The molecule has 1 aromatic carbocycles. The molecule has 1 saturated heterocycles. The molecule has 3 aromatic rings. The normalized spacial score (nSPS) is 18.4. The van der Waals surface area contributed by atoms with E-state index in [1.54, 1.807) is 11.3 Å². The second-order valence-electron chi connectivity index (χ2n) is 7.66. The van der Waals surface area contributed by atoms with E-state index in [4.69, 9.17) is 10.8 Å². The monoisotopic (exact) mass is 463 g/mol. The number of aromatic nitrogens is 2. The van der Waals surface area contributed by atoms with Gasteiger partial charge in [0.05, 0.1) is 15.5 Å². The first-order valence-corrected chi connectivity index (χ1v) is 12.0. The third kappa shape index (κ3) is 4.13. The molecule has 0 atom stereocenters. The number of amidine groups is 1. The van der Waals surface area contributed by atoms with Gasteiger partial charge in [-0.15, -0.1) is 11.3 Å². The summed E-state index contributed by atoms with van der Waals surface area (Å²) in [6, 6.07) is 13.9. The average Bonchev–Trinajstić information content (AvgIpc) is 3.55. The number of carbonyl (C=O) groups is 2. The Hall–Kier alpha value is -3.17. The van der Waals surface area contributed by atoms with Crippen molar-refractivity contribution in [2.45, 2.75) is 12.8 Å². The van der Waals surface area contributed by atoms with E-state index in [0.29, 0.717) is 36.0 Å². The minimum atomic E-state index is -0.251. The molecule has 7 nitrogen and oxygen atoms in total. The Balaban J connectivity index is 1.41. The number of primary amides is 1. The number of likely N-dealkylation sites (tertiary alicyclic amines) is 1. The largest absolute Gasteiger partial charge is 0.369 e. The van der Waals surface area contributed by atoms with Crippen molar-refractivity contribution >= 4 is 46.2 Å². The van der Waals surface area contributed by atoms with Crippen LogP contribution in [0.4, 0.5) is 0 Å². The van der Waals surface area contributed by atoms with E-state index >= 15 is 0 Å². The fourth-order valence-corrected chi connectivity index (χ4v) is 5.53.